The van der Waals surface area contributed by atoms with Crippen molar-refractivity contribution >= 4 is 5.97 Å². The van der Waals surface area contributed by atoms with Crippen LogP contribution in [0.4, 0.5) is 0 Å². The van der Waals surface area contributed by atoms with Gasteiger partial charge in [0.05, 0.1) is 6.20 Å². The average Bonchev–Trinajstić information content (AvgIpc) is 2.37. The number of aromatic amines is 1. The molecule has 1 heterocycles. The molecule has 3 N–H and O–H groups in total. The Kier molecular flexibility index (Phi) is 1.66. The van der Waals surface area contributed by atoms with E-state index < -0.39 is 11.6 Å². The summed E-state index contributed by atoms with van der Waals surface area (Å²) in [5.41, 5.74) is -1.61. The summed E-state index contributed by atoms with van der Waals surface area (Å²) in [5.74, 6) is -1.29. The van der Waals surface area contributed by atoms with Crippen molar-refractivity contribution in [2.75, 3.05) is 0 Å². The standard InChI is InChI=1S/C6H8N2O3/c1-6(11,5(9)10)4-2-7-8-3-4/h2-3,11H,1H3,(H,7,8)(H,9,10). The van der Waals surface area contributed by atoms with Crippen LogP contribution in [-0.2, 0) is 10.4 Å². The van der Waals surface area contributed by atoms with Gasteiger partial charge in [0, 0.05) is 11.8 Å². The van der Waals surface area contributed by atoms with Crippen LogP contribution in [-0.4, -0.2) is 26.4 Å². The number of nitrogens with one attached hydrogen (secondary N) is 1. The normalized spacial score (nSPS) is 15.8. The van der Waals surface area contributed by atoms with E-state index in [-0.39, 0.29) is 5.56 Å². The maximum Gasteiger partial charge on any atom is 0.340 e. The molecule has 0 fully saturated rings. The summed E-state index contributed by atoms with van der Waals surface area (Å²) in [6.45, 7) is 1.19. The van der Waals surface area contributed by atoms with Crippen LogP contribution in [0.1, 0.15) is 12.5 Å². The number of aromatic nitrogens is 2. The number of nitrogens with zero attached hydrogens (tertiary/aromatic N) is 1. The smallest absolute Gasteiger partial charge is 0.340 e. The molecule has 5 nitrogen and oxygen atoms in total. The first-order valence-electron chi connectivity index (χ1n) is 3.00. The number of aliphatic hydroxyl groups is 1. The number of carbonyl (C=O) groups is 1. The van der Waals surface area contributed by atoms with Crippen LogP contribution in [0.25, 0.3) is 0 Å². The minimum Gasteiger partial charge on any atom is -0.479 e. The Bertz CT molecular complexity index is 253. The van der Waals surface area contributed by atoms with Crippen LogP contribution < -0.4 is 0 Å². The maximum atomic E-state index is 10.4. The Morgan fingerprint density at radius 2 is 2.45 bits per heavy atom. The van der Waals surface area contributed by atoms with Gasteiger partial charge in [-0.25, -0.2) is 4.79 Å². The van der Waals surface area contributed by atoms with Crippen LogP contribution in [0.15, 0.2) is 12.4 Å². The fraction of sp³-hybridized carbons (Fsp3) is 0.333. The molecule has 0 amide bonds. The van der Waals surface area contributed by atoms with Gasteiger partial charge in [-0.1, -0.05) is 0 Å². The Morgan fingerprint density at radius 3 is 2.82 bits per heavy atom. The molecule has 1 aromatic heterocycles. The van der Waals surface area contributed by atoms with Crippen LogP contribution >= 0.6 is 0 Å². The van der Waals surface area contributed by atoms with Gasteiger partial charge >= 0.3 is 5.97 Å². The van der Waals surface area contributed by atoms with Gasteiger partial charge in [-0.05, 0) is 6.92 Å². The summed E-state index contributed by atoms with van der Waals surface area (Å²) < 4.78 is 0. The number of hydrogen-bond donors (Lipinski definition) is 3. The third-order valence-corrected chi connectivity index (χ3v) is 1.48. The van der Waals surface area contributed by atoms with Crippen molar-refractivity contribution in [3.8, 4) is 0 Å². The van der Waals surface area contributed by atoms with E-state index in [1.807, 2.05) is 0 Å². The van der Waals surface area contributed by atoms with Crippen molar-refractivity contribution in [1.29, 1.82) is 0 Å². The van der Waals surface area contributed by atoms with Crippen LogP contribution in [0.5, 0.6) is 0 Å². The summed E-state index contributed by atoms with van der Waals surface area (Å²) in [6, 6.07) is 0. The highest BCUT2D eigenvalue weighted by molar-refractivity contribution is 5.78. The van der Waals surface area contributed by atoms with Gasteiger partial charge < -0.3 is 10.2 Å². The second kappa shape index (κ2) is 2.35. The molecule has 0 aliphatic rings. The summed E-state index contributed by atoms with van der Waals surface area (Å²) in [4.78, 5) is 10.4. The lowest BCUT2D eigenvalue weighted by Gasteiger charge is -2.14. The molecule has 1 rings (SSSR count). The number of carboxylic acid groups (broad SMARTS) is 1. The maximum absolute atomic E-state index is 10.4. The van der Waals surface area contributed by atoms with E-state index in [2.05, 4.69) is 10.2 Å². The zero-order valence-corrected chi connectivity index (χ0v) is 5.90. The highest BCUT2D eigenvalue weighted by Gasteiger charge is 2.32. The predicted octanol–water partition coefficient (Wildman–Crippen LogP) is -0.298. The molecule has 0 bridgehead atoms. The molecular formula is C6H8N2O3. The third kappa shape index (κ3) is 1.22. The Morgan fingerprint density at radius 1 is 1.82 bits per heavy atom. The third-order valence-electron chi connectivity index (χ3n) is 1.48. The molecule has 0 radical (unpaired) electrons. The van der Waals surface area contributed by atoms with Gasteiger partial charge in [-0.15, -0.1) is 0 Å². The first-order chi connectivity index (χ1) is 5.05. The van der Waals surface area contributed by atoms with Crippen LogP contribution in [0.2, 0.25) is 0 Å². The molecule has 1 aromatic rings. The van der Waals surface area contributed by atoms with Crippen molar-refractivity contribution in [3.05, 3.63) is 18.0 Å². The lowest BCUT2D eigenvalue weighted by molar-refractivity contribution is -0.157. The summed E-state index contributed by atoms with van der Waals surface area (Å²) in [5, 5.41) is 23.8. The molecule has 0 aliphatic heterocycles. The molecule has 1 unspecified atom stereocenters. The topological polar surface area (TPSA) is 86.2 Å². The molecule has 11 heavy (non-hydrogen) atoms. The summed E-state index contributed by atoms with van der Waals surface area (Å²) in [6.07, 6.45) is 2.61. The average molecular weight is 156 g/mol. The monoisotopic (exact) mass is 156 g/mol. The van der Waals surface area contributed by atoms with Crippen molar-refractivity contribution in [3.63, 3.8) is 0 Å². The molecular weight excluding hydrogens is 148 g/mol. The quantitative estimate of drug-likeness (QED) is 0.548. The van der Waals surface area contributed by atoms with Gasteiger partial charge in [-0.3, -0.25) is 5.10 Å². The zero-order chi connectivity index (χ0) is 8.48. The molecule has 0 spiro atoms. The summed E-state index contributed by atoms with van der Waals surface area (Å²) >= 11 is 0. The van der Waals surface area contributed by atoms with Gasteiger partial charge in [0.2, 0.25) is 0 Å². The number of rotatable bonds is 2. The SMILES string of the molecule is CC(O)(C(=O)O)c1cn[nH]c1. The van der Waals surface area contributed by atoms with Crippen LogP contribution in [0.3, 0.4) is 0 Å². The van der Waals surface area contributed by atoms with Gasteiger partial charge in [0.1, 0.15) is 0 Å². The lowest BCUT2D eigenvalue weighted by Crippen LogP contribution is -2.31. The van der Waals surface area contributed by atoms with Gasteiger partial charge in [-0.2, -0.15) is 5.10 Å². The number of hydrogen-bond acceptors (Lipinski definition) is 3. The molecule has 0 saturated carbocycles. The summed E-state index contributed by atoms with van der Waals surface area (Å²) in [7, 11) is 0. The Hall–Kier alpha value is -1.36. The highest BCUT2D eigenvalue weighted by Crippen LogP contribution is 2.18. The predicted molar refractivity (Wildman–Crippen MR) is 35.8 cm³/mol. The number of aliphatic carboxylic acids is 1. The van der Waals surface area contributed by atoms with E-state index in [0.29, 0.717) is 0 Å². The second-order valence-corrected chi connectivity index (χ2v) is 2.36. The first kappa shape index (κ1) is 7.74. The van der Waals surface area contributed by atoms with Gasteiger partial charge in [0.25, 0.3) is 0 Å². The zero-order valence-electron chi connectivity index (χ0n) is 5.90. The molecule has 1 atom stereocenters. The van der Waals surface area contributed by atoms with E-state index >= 15 is 0 Å². The molecule has 5 heteroatoms. The fourth-order valence-electron chi connectivity index (χ4n) is 0.641. The van der Waals surface area contributed by atoms with Crippen molar-refractivity contribution < 1.29 is 15.0 Å². The van der Waals surface area contributed by atoms with Crippen LogP contribution in [0, 0.1) is 0 Å². The number of H-pyrrole nitrogens is 1. The van der Waals surface area contributed by atoms with E-state index in [1.54, 1.807) is 0 Å². The second-order valence-electron chi connectivity index (χ2n) is 2.36. The lowest BCUT2D eigenvalue weighted by atomic mass is 10.0. The van der Waals surface area contributed by atoms with Crippen molar-refractivity contribution in [1.82, 2.24) is 10.2 Å². The minimum absolute atomic E-state index is 0.241. The van der Waals surface area contributed by atoms with E-state index in [4.69, 9.17) is 5.11 Å². The molecule has 60 valence electrons. The van der Waals surface area contributed by atoms with E-state index in [0.717, 1.165) is 0 Å². The van der Waals surface area contributed by atoms with E-state index in [9.17, 15) is 9.90 Å². The molecule has 0 aromatic carbocycles. The van der Waals surface area contributed by atoms with Gasteiger partial charge in [0.15, 0.2) is 5.60 Å². The highest BCUT2D eigenvalue weighted by atomic mass is 16.4. The number of carboxylic acids is 1. The minimum atomic E-state index is -1.85. The molecule has 0 saturated heterocycles. The molecule has 0 aliphatic carbocycles. The van der Waals surface area contributed by atoms with E-state index in [1.165, 1.54) is 19.3 Å². The Balaban J connectivity index is 3.00. The fourth-order valence-corrected chi connectivity index (χ4v) is 0.641. The van der Waals surface area contributed by atoms with Crippen molar-refractivity contribution in [2.24, 2.45) is 0 Å². The van der Waals surface area contributed by atoms with Crippen molar-refractivity contribution in [2.45, 2.75) is 12.5 Å². The Labute approximate surface area is 62.7 Å². The largest absolute Gasteiger partial charge is 0.479 e. The first-order valence-corrected chi connectivity index (χ1v) is 3.00.